The fraction of sp³-hybridized carbons (Fsp3) is 0.588. The van der Waals surface area contributed by atoms with Crippen LogP contribution in [0.4, 0.5) is 5.69 Å². The molecule has 0 bridgehead atoms. The third kappa shape index (κ3) is 6.80. The van der Waals surface area contributed by atoms with Gasteiger partial charge in [0, 0.05) is 46.0 Å². The summed E-state index contributed by atoms with van der Waals surface area (Å²) < 4.78 is 5.14. The molecule has 0 aliphatic rings. The van der Waals surface area contributed by atoms with E-state index in [1.165, 1.54) is 11.3 Å². The number of hydrogen-bond donors (Lipinski definition) is 2. The molecule has 0 fully saturated rings. The van der Waals surface area contributed by atoms with Crippen LogP contribution in [-0.4, -0.2) is 52.9 Å². The number of hydrogen-bond acceptors (Lipinski definition) is 3. The van der Waals surface area contributed by atoms with Gasteiger partial charge in [0.05, 0.1) is 6.61 Å². The molecule has 0 aliphatic heterocycles. The molecule has 5 heteroatoms. The molecule has 0 aliphatic carbocycles. The lowest BCUT2D eigenvalue weighted by Gasteiger charge is -2.17. The number of guanidine groups is 1. The summed E-state index contributed by atoms with van der Waals surface area (Å²) in [5, 5.41) is 6.60. The average Bonchev–Trinajstić information content (AvgIpc) is 2.48. The molecule has 1 atom stereocenters. The zero-order chi connectivity index (χ0) is 16.4. The monoisotopic (exact) mass is 306 g/mol. The predicted octanol–water partition coefficient (Wildman–Crippen LogP) is 1.89. The Morgan fingerprint density at radius 1 is 1.27 bits per heavy atom. The summed E-state index contributed by atoms with van der Waals surface area (Å²) in [6.07, 6.45) is 0.933. The van der Waals surface area contributed by atoms with E-state index in [4.69, 9.17) is 4.74 Å². The molecule has 1 rings (SSSR count). The van der Waals surface area contributed by atoms with Gasteiger partial charge < -0.3 is 20.3 Å². The topological polar surface area (TPSA) is 48.9 Å². The molecule has 0 aromatic heterocycles. The Labute approximate surface area is 134 Å². The van der Waals surface area contributed by atoms with E-state index in [-0.39, 0.29) is 6.04 Å². The van der Waals surface area contributed by atoms with E-state index in [1.54, 1.807) is 7.11 Å². The summed E-state index contributed by atoms with van der Waals surface area (Å²) in [5.74, 6) is 0.844. The maximum atomic E-state index is 5.14. The highest BCUT2D eigenvalue weighted by atomic mass is 16.5. The quantitative estimate of drug-likeness (QED) is 0.569. The highest BCUT2D eigenvalue weighted by Crippen LogP contribution is 2.12. The first-order chi connectivity index (χ1) is 10.6. The van der Waals surface area contributed by atoms with Crippen LogP contribution < -0.4 is 15.5 Å². The van der Waals surface area contributed by atoms with E-state index in [0.29, 0.717) is 6.61 Å². The van der Waals surface area contributed by atoms with Gasteiger partial charge in [-0.3, -0.25) is 4.99 Å². The van der Waals surface area contributed by atoms with Crippen LogP contribution in [-0.2, 0) is 11.2 Å². The largest absolute Gasteiger partial charge is 0.383 e. The van der Waals surface area contributed by atoms with E-state index in [1.807, 2.05) is 0 Å². The Hall–Kier alpha value is -1.75. The van der Waals surface area contributed by atoms with Crippen molar-refractivity contribution < 1.29 is 4.74 Å². The van der Waals surface area contributed by atoms with E-state index in [9.17, 15) is 0 Å². The molecule has 0 radical (unpaired) electrons. The molecule has 0 saturated heterocycles. The van der Waals surface area contributed by atoms with Crippen molar-refractivity contribution in [2.24, 2.45) is 4.99 Å². The maximum Gasteiger partial charge on any atom is 0.191 e. The third-order valence-corrected chi connectivity index (χ3v) is 3.27. The van der Waals surface area contributed by atoms with E-state index < -0.39 is 0 Å². The van der Waals surface area contributed by atoms with Crippen LogP contribution in [0.5, 0.6) is 0 Å². The molecule has 1 aromatic rings. The van der Waals surface area contributed by atoms with Crippen LogP contribution in [0.3, 0.4) is 0 Å². The molecular weight excluding hydrogens is 276 g/mol. The van der Waals surface area contributed by atoms with Crippen molar-refractivity contribution in [3.05, 3.63) is 29.8 Å². The van der Waals surface area contributed by atoms with Crippen molar-refractivity contribution in [1.82, 2.24) is 10.6 Å². The second-order valence-electron chi connectivity index (χ2n) is 5.57. The third-order valence-electron chi connectivity index (χ3n) is 3.27. The molecule has 0 spiro atoms. The van der Waals surface area contributed by atoms with Gasteiger partial charge in [0.25, 0.3) is 0 Å². The van der Waals surface area contributed by atoms with Gasteiger partial charge in [0.1, 0.15) is 0 Å². The summed E-state index contributed by atoms with van der Waals surface area (Å²) in [7, 11) is 5.81. The Balaban J connectivity index is 2.51. The molecule has 1 aromatic carbocycles. The number of rotatable bonds is 8. The first-order valence-corrected chi connectivity index (χ1v) is 7.86. The lowest BCUT2D eigenvalue weighted by molar-refractivity contribution is 0.179. The minimum Gasteiger partial charge on any atom is -0.383 e. The minimum atomic E-state index is 0.238. The summed E-state index contributed by atoms with van der Waals surface area (Å²) in [5.41, 5.74) is 2.52. The van der Waals surface area contributed by atoms with Gasteiger partial charge in [0.15, 0.2) is 5.96 Å². The van der Waals surface area contributed by atoms with E-state index in [2.05, 4.69) is 72.7 Å². The highest BCUT2D eigenvalue weighted by molar-refractivity contribution is 5.80. The number of nitrogens with one attached hydrogen (secondary N) is 2. The van der Waals surface area contributed by atoms with Crippen LogP contribution in [0.25, 0.3) is 0 Å². The van der Waals surface area contributed by atoms with Crippen molar-refractivity contribution in [3.8, 4) is 0 Å². The van der Waals surface area contributed by atoms with Crippen molar-refractivity contribution in [2.75, 3.05) is 45.8 Å². The highest BCUT2D eigenvalue weighted by Gasteiger charge is 2.04. The fourth-order valence-corrected chi connectivity index (χ4v) is 2.10. The van der Waals surface area contributed by atoms with Crippen molar-refractivity contribution in [2.45, 2.75) is 26.3 Å². The molecule has 124 valence electrons. The normalized spacial score (nSPS) is 12.9. The van der Waals surface area contributed by atoms with Crippen molar-refractivity contribution in [1.29, 1.82) is 0 Å². The zero-order valence-electron chi connectivity index (χ0n) is 14.5. The lowest BCUT2D eigenvalue weighted by Crippen LogP contribution is -2.44. The number of nitrogens with zero attached hydrogens (tertiary/aromatic N) is 2. The second kappa shape index (κ2) is 10.1. The molecule has 22 heavy (non-hydrogen) atoms. The summed E-state index contributed by atoms with van der Waals surface area (Å²) in [6, 6.07) is 8.85. The summed E-state index contributed by atoms with van der Waals surface area (Å²) in [6.45, 7) is 6.42. The molecule has 5 nitrogen and oxygen atoms in total. The minimum absolute atomic E-state index is 0.238. The van der Waals surface area contributed by atoms with Crippen molar-refractivity contribution >= 4 is 11.6 Å². The van der Waals surface area contributed by atoms with E-state index in [0.717, 1.165) is 25.5 Å². The Kier molecular flexibility index (Phi) is 8.36. The van der Waals surface area contributed by atoms with Crippen LogP contribution in [0, 0.1) is 0 Å². The molecule has 1 unspecified atom stereocenters. The van der Waals surface area contributed by atoms with Crippen LogP contribution in [0.15, 0.2) is 29.3 Å². The number of aliphatic imine (C=N–C) groups is 1. The summed E-state index contributed by atoms with van der Waals surface area (Å²) >= 11 is 0. The van der Waals surface area contributed by atoms with Crippen LogP contribution in [0.2, 0.25) is 0 Å². The first-order valence-electron chi connectivity index (χ1n) is 7.86. The molecule has 0 saturated carbocycles. The molecule has 0 heterocycles. The van der Waals surface area contributed by atoms with Crippen molar-refractivity contribution in [3.63, 3.8) is 0 Å². The first kappa shape index (κ1) is 18.3. The predicted molar refractivity (Wildman–Crippen MR) is 94.9 cm³/mol. The fourth-order valence-electron chi connectivity index (χ4n) is 2.10. The van der Waals surface area contributed by atoms with Crippen LogP contribution in [0.1, 0.15) is 19.4 Å². The maximum absolute atomic E-state index is 5.14. The Morgan fingerprint density at radius 2 is 1.95 bits per heavy atom. The Bertz CT molecular complexity index is 442. The lowest BCUT2D eigenvalue weighted by atomic mass is 10.1. The van der Waals surface area contributed by atoms with Gasteiger partial charge in [-0.25, -0.2) is 0 Å². The van der Waals surface area contributed by atoms with Gasteiger partial charge in [-0.05, 0) is 38.0 Å². The zero-order valence-corrected chi connectivity index (χ0v) is 14.5. The average molecular weight is 306 g/mol. The number of ether oxygens (including phenoxy) is 1. The van der Waals surface area contributed by atoms with Gasteiger partial charge in [0.2, 0.25) is 0 Å². The van der Waals surface area contributed by atoms with E-state index >= 15 is 0 Å². The second-order valence-corrected chi connectivity index (χ2v) is 5.57. The van der Waals surface area contributed by atoms with Gasteiger partial charge in [-0.1, -0.05) is 12.1 Å². The van der Waals surface area contributed by atoms with Crippen LogP contribution >= 0.6 is 0 Å². The molecule has 0 amide bonds. The smallest absolute Gasteiger partial charge is 0.191 e. The molecule has 2 N–H and O–H groups in total. The SMILES string of the molecule is CCNC(=NCCc1ccc(N(C)C)cc1)NC(C)COC. The molecular formula is C17H30N4O. The number of anilines is 1. The van der Waals surface area contributed by atoms with Gasteiger partial charge >= 0.3 is 0 Å². The summed E-state index contributed by atoms with van der Waals surface area (Å²) in [4.78, 5) is 6.72. The Morgan fingerprint density at radius 3 is 2.50 bits per heavy atom. The van der Waals surface area contributed by atoms with Gasteiger partial charge in [-0.15, -0.1) is 0 Å². The number of methoxy groups -OCH3 is 1. The van der Waals surface area contributed by atoms with Gasteiger partial charge in [-0.2, -0.15) is 0 Å². The number of benzene rings is 1. The standard InChI is InChI=1S/C17H30N4O/c1-6-18-17(20-14(2)13-22-5)19-12-11-15-7-9-16(10-8-15)21(3)4/h7-10,14H,6,11-13H2,1-5H3,(H2,18,19,20).